The Morgan fingerprint density at radius 1 is 1.58 bits per heavy atom. The second kappa shape index (κ2) is 4.25. The summed E-state index contributed by atoms with van der Waals surface area (Å²) in [4.78, 5) is 0. The zero-order valence-corrected chi connectivity index (χ0v) is 6.86. The molecule has 0 aliphatic carbocycles. The summed E-state index contributed by atoms with van der Waals surface area (Å²) in [6, 6.07) is 3.33. The Labute approximate surface area is 70.4 Å². The van der Waals surface area contributed by atoms with E-state index in [9.17, 15) is 0 Å². The normalized spacial score (nSPS) is 13.2. The molecule has 0 aromatic carbocycles. The van der Waals surface area contributed by atoms with Crippen molar-refractivity contribution in [1.82, 2.24) is 0 Å². The van der Waals surface area contributed by atoms with Crippen LogP contribution in [0.15, 0.2) is 16.5 Å². The number of aliphatic hydroxyl groups is 2. The summed E-state index contributed by atoms with van der Waals surface area (Å²) in [5.74, 6) is 1.00. The SMILES string of the molecule is COCc1ccc(C(O)CO)o1. The maximum Gasteiger partial charge on any atom is 0.135 e. The summed E-state index contributed by atoms with van der Waals surface area (Å²) < 4.78 is 9.96. The number of hydrogen-bond donors (Lipinski definition) is 2. The molecule has 1 aromatic heterocycles. The van der Waals surface area contributed by atoms with E-state index in [1.54, 1.807) is 19.2 Å². The van der Waals surface area contributed by atoms with E-state index in [1.165, 1.54) is 0 Å². The Bertz CT molecular complexity index is 231. The largest absolute Gasteiger partial charge is 0.461 e. The monoisotopic (exact) mass is 172 g/mol. The lowest BCUT2D eigenvalue weighted by Gasteiger charge is -2.01. The van der Waals surface area contributed by atoms with Gasteiger partial charge >= 0.3 is 0 Å². The highest BCUT2D eigenvalue weighted by Gasteiger charge is 2.10. The summed E-state index contributed by atoms with van der Waals surface area (Å²) in [7, 11) is 1.56. The van der Waals surface area contributed by atoms with E-state index in [2.05, 4.69) is 0 Å². The fraction of sp³-hybridized carbons (Fsp3) is 0.500. The Hall–Kier alpha value is -0.840. The van der Waals surface area contributed by atoms with Crippen LogP contribution in [0.2, 0.25) is 0 Å². The predicted molar refractivity (Wildman–Crippen MR) is 41.5 cm³/mol. The van der Waals surface area contributed by atoms with Crippen LogP contribution >= 0.6 is 0 Å². The zero-order valence-electron chi connectivity index (χ0n) is 6.86. The van der Waals surface area contributed by atoms with Crippen molar-refractivity contribution >= 4 is 0 Å². The summed E-state index contributed by atoms with van der Waals surface area (Å²) in [5.41, 5.74) is 0. The van der Waals surface area contributed by atoms with E-state index in [1.807, 2.05) is 0 Å². The van der Waals surface area contributed by atoms with E-state index in [0.29, 0.717) is 18.1 Å². The molecule has 2 N–H and O–H groups in total. The minimum Gasteiger partial charge on any atom is -0.461 e. The highest BCUT2D eigenvalue weighted by atomic mass is 16.5. The molecule has 0 saturated carbocycles. The molecule has 4 nitrogen and oxygen atoms in total. The van der Waals surface area contributed by atoms with Gasteiger partial charge in [-0.15, -0.1) is 0 Å². The number of ether oxygens (including phenoxy) is 1. The van der Waals surface area contributed by atoms with Crippen LogP contribution in [-0.4, -0.2) is 23.9 Å². The quantitative estimate of drug-likeness (QED) is 0.692. The van der Waals surface area contributed by atoms with E-state index in [0.717, 1.165) is 0 Å². The van der Waals surface area contributed by atoms with Crippen LogP contribution in [0.25, 0.3) is 0 Å². The lowest BCUT2D eigenvalue weighted by Crippen LogP contribution is -2.00. The third kappa shape index (κ3) is 2.07. The molecule has 1 aromatic rings. The molecular formula is C8H12O4. The van der Waals surface area contributed by atoms with Gasteiger partial charge in [-0.2, -0.15) is 0 Å². The van der Waals surface area contributed by atoms with Crippen LogP contribution in [0.4, 0.5) is 0 Å². The Kier molecular flexibility index (Phi) is 3.28. The van der Waals surface area contributed by atoms with Crippen LogP contribution in [0.1, 0.15) is 17.6 Å². The number of methoxy groups -OCH3 is 1. The topological polar surface area (TPSA) is 62.8 Å². The van der Waals surface area contributed by atoms with E-state index in [-0.39, 0.29) is 6.61 Å². The molecule has 0 fully saturated rings. The molecule has 0 saturated heterocycles. The van der Waals surface area contributed by atoms with Gasteiger partial charge in [0.2, 0.25) is 0 Å². The van der Waals surface area contributed by atoms with E-state index < -0.39 is 6.10 Å². The van der Waals surface area contributed by atoms with Crippen LogP contribution < -0.4 is 0 Å². The minimum atomic E-state index is -0.935. The lowest BCUT2D eigenvalue weighted by molar-refractivity contribution is 0.0732. The average molecular weight is 172 g/mol. The van der Waals surface area contributed by atoms with Crippen LogP contribution in [0, 0.1) is 0 Å². The zero-order chi connectivity index (χ0) is 8.97. The fourth-order valence-electron chi connectivity index (χ4n) is 0.883. The molecule has 0 radical (unpaired) electrons. The molecular weight excluding hydrogens is 160 g/mol. The summed E-state index contributed by atoms with van der Waals surface area (Å²) in [6.07, 6.45) is -0.935. The minimum absolute atomic E-state index is 0.333. The Morgan fingerprint density at radius 3 is 2.92 bits per heavy atom. The Morgan fingerprint density at radius 2 is 2.33 bits per heavy atom. The van der Waals surface area contributed by atoms with Crippen molar-refractivity contribution in [3.05, 3.63) is 23.7 Å². The van der Waals surface area contributed by atoms with E-state index in [4.69, 9.17) is 19.4 Å². The molecule has 68 valence electrons. The first kappa shape index (κ1) is 9.25. The summed E-state index contributed by atoms with van der Waals surface area (Å²) >= 11 is 0. The first-order valence-electron chi connectivity index (χ1n) is 3.64. The second-order valence-corrected chi connectivity index (χ2v) is 2.44. The van der Waals surface area contributed by atoms with Crippen LogP contribution in [-0.2, 0) is 11.3 Å². The maximum absolute atomic E-state index is 9.13. The highest BCUT2D eigenvalue weighted by Crippen LogP contribution is 2.16. The lowest BCUT2D eigenvalue weighted by atomic mass is 10.3. The predicted octanol–water partition coefficient (Wildman–Crippen LogP) is 0.452. The highest BCUT2D eigenvalue weighted by molar-refractivity contribution is 5.08. The molecule has 0 aliphatic rings. The second-order valence-electron chi connectivity index (χ2n) is 2.44. The number of rotatable bonds is 4. The van der Waals surface area contributed by atoms with Gasteiger partial charge in [0, 0.05) is 7.11 Å². The smallest absolute Gasteiger partial charge is 0.135 e. The van der Waals surface area contributed by atoms with Crippen molar-refractivity contribution in [1.29, 1.82) is 0 Å². The maximum atomic E-state index is 9.13. The molecule has 1 heterocycles. The van der Waals surface area contributed by atoms with Crippen molar-refractivity contribution in [3.8, 4) is 0 Å². The molecule has 1 rings (SSSR count). The third-order valence-electron chi connectivity index (χ3n) is 1.47. The van der Waals surface area contributed by atoms with Gasteiger partial charge in [0.1, 0.15) is 24.2 Å². The van der Waals surface area contributed by atoms with Gasteiger partial charge < -0.3 is 19.4 Å². The van der Waals surface area contributed by atoms with Gasteiger partial charge in [-0.05, 0) is 12.1 Å². The first-order chi connectivity index (χ1) is 5.77. The van der Waals surface area contributed by atoms with Gasteiger partial charge in [-0.1, -0.05) is 0 Å². The van der Waals surface area contributed by atoms with Crippen molar-refractivity contribution < 1.29 is 19.4 Å². The standard InChI is InChI=1S/C8H12O4/c1-11-5-6-2-3-8(12-6)7(10)4-9/h2-3,7,9-10H,4-5H2,1H3. The van der Waals surface area contributed by atoms with Crippen molar-refractivity contribution in [2.45, 2.75) is 12.7 Å². The van der Waals surface area contributed by atoms with Gasteiger partial charge in [-0.3, -0.25) is 0 Å². The fourth-order valence-corrected chi connectivity index (χ4v) is 0.883. The molecule has 0 aliphatic heterocycles. The molecule has 0 spiro atoms. The Balaban J connectivity index is 2.63. The van der Waals surface area contributed by atoms with Gasteiger partial charge in [0.25, 0.3) is 0 Å². The van der Waals surface area contributed by atoms with Crippen molar-refractivity contribution in [2.24, 2.45) is 0 Å². The van der Waals surface area contributed by atoms with Crippen LogP contribution in [0.5, 0.6) is 0 Å². The molecule has 1 unspecified atom stereocenters. The molecule has 0 bridgehead atoms. The number of aliphatic hydroxyl groups excluding tert-OH is 2. The molecule has 4 heteroatoms. The summed E-state index contributed by atoms with van der Waals surface area (Å²) in [5, 5.41) is 17.7. The first-order valence-corrected chi connectivity index (χ1v) is 3.64. The molecule has 1 atom stereocenters. The number of hydrogen-bond acceptors (Lipinski definition) is 4. The average Bonchev–Trinajstić information content (AvgIpc) is 2.52. The molecule has 12 heavy (non-hydrogen) atoms. The number of furan rings is 1. The van der Waals surface area contributed by atoms with Crippen molar-refractivity contribution in [3.63, 3.8) is 0 Å². The third-order valence-corrected chi connectivity index (χ3v) is 1.47. The van der Waals surface area contributed by atoms with Crippen LogP contribution in [0.3, 0.4) is 0 Å². The van der Waals surface area contributed by atoms with Gasteiger partial charge in [0.05, 0.1) is 6.61 Å². The van der Waals surface area contributed by atoms with Gasteiger partial charge in [0.15, 0.2) is 0 Å². The van der Waals surface area contributed by atoms with E-state index >= 15 is 0 Å². The molecule has 0 amide bonds. The van der Waals surface area contributed by atoms with Crippen molar-refractivity contribution in [2.75, 3.05) is 13.7 Å². The summed E-state index contributed by atoms with van der Waals surface area (Å²) in [6.45, 7) is 0.0398. The van der Waals surface area contributed by atoms with Gasteiger partial charge in [-0.25, -0.2) is 0 Å².